The van der Waals surface area contributed by atoms with Gasteiger partial charge in [0.2, 0.25) is 0 Å². The van der Waals surface area contributed by atoms with Gasteiger partial charge in [-0.1, -0.05) is 0 Å². The summed E-state index contributed by atoms with van der Waals surface area (Å²) in [5.74, 6) is -4.11. The Morgan fingerprint density at radius 3 is 2.00 bits per heavy atom. The van der Waals surface area contributed by atoms with Crippen LogP contribution in [0.3, 0.4) is 0 Å². The van der Waals surface area contributed by atoms with Crippen molar-refractivity contribution in [2.75, 3.05) is 45.0 Å². The van der Waals surface area contributed by atoms with Gasteiger partial charge in [-0.25, -0.2) is 0 Å². The molecule has 0 amide bonds. The maximum absolute atomic E-state index is 11.0. The molecule has 0 aromatic rings. The molecule has 9 nitrogen and oxygen atoms in total. The molecule has 1 atom stereocenters. The van der Waals surface area contributed by atoms with Gasteiger partial charge in [0.15, 0.2) is 0 Å². The van der Waals surface area contributed by atoms with Gasteiger partial charge in [-0.2, -0.15) is 8.42 Å². The number of rotatable bonds is 8. The molecule has 0 aromatic carbocycles. The lowest BCUT2D eigenvalue weighted by Gasteiger charge is -2.35. The van der Waals surface area contributed by atoms with Crippen molar-refractivity contribution in [3.63, 3.8) is 0 Å². The predicted molar refractivity (Wildman–Crippen MR) is 72.7 cm³/mol. The molecule has 1 rings (SSSR count). The fraction of sp³-hybridized carbons (Fsp3) is 0.818. The van der Waals surface area contributed by atoms with Crippen LogP contribution in [-0.2, 0) is 19.7 Å². The van der Waals surface area contributed by atoms with E-state index in [2.05, 4.69) is 0 Å². The third-order valence-corrected chi connectivity index (χ3v) is 4.17. The molecular weight excluding hydrogens is 304 g/mol. The van der Waals surface area contributed by atoms with Crippen LogP contribution in [0, 0.1) is 5.92 Å². The largest absolute Gasteiger partial charge is 0.481 e. The van der Waals surface area contributed by atoms with E-state index in [1.54, 1.807) is 4.90 Å². The van der Waals surface area contributed by atoms with Crippen molar-refractivity contribution in [1.29, 1.82) is 0 Å². The summed E-state index contributed by atoms with van der Waals surface area (Å²) in [6, 6.07) is 0. The molecule has 0 saturated carbocycles. The number of carboxylic acid groups (broad SMARTS) is 2. The number of hydrogen-bond acceptors (Lipinski definition) is 6. The average Bonchev–Trinajstić information content (AvgIpc) is 2.35. The molecule has 1 aliphatic heterocycles. The number of nitrogens with zero attached hydrogens (tertiary/aromatic N) is 2. The van der Waals surface area contributed by atoms with Crippen molar-refractivity contribution < 1.29 is 32.8 Å². The summed E-state index contributed by atoms with van der Waals surface area (Å²) in [4.78, 5) is 25.3. The van der Waals surface area contributed by atoms with Crippen molar-refractivity contribution in [1.82, 2.24) is 9.80 Å². The molecule has 1 heterocycles. The Balaban J connectivity index is 2.42. The van der Waals surface area contributed by atoms with Gasteiger partial charge in [0, 0.05) is 39.3 Å². The van der Waals surface area contributed by atoms with E-state index >= 15 is 0 Å². The first-order chi connectivity index (χ1) is 9.67. The molecule has 0 aromatic heterocycles. The highest BCUT2D eigenvalue weighted by molar-refractivity contribution is 7.85. The first-order valence-electron chi connectivity index (χ1n) is 6.52. The van der Waals surface area contributed by atoms with Crippen LogP contribution in [0.5, 0.6) is 0 Å². The fourth-order valence-corrected chi connectivity index (χ4v) is 2.97. The summed E-state index contributed by atoms with van der Waals surface area (Å²) in [6.07, 6.45) is 0.0561. The summed E-state index contributed by atoms with van der Waals surface area (Å²) in [6.45, 7) is 2.76. The zero-order chi connectivity index (χ0) is 16.0. The van der Waals surface area contributed by atoms with Gasteiger partial charge >= 0.3 is 11.9 Å². The van der Waals surface area contributed by atoms with Crippen molar-refractivity contribution in [3.8, 4) is 0 Å². The van der Waals surface area contributed by atoms with E-state index < -0.39 is 33.7 Å². The number of aliphatic carboxylic acids is 2. The van der Waals surface area contributed by atoms with Crippen LogP contribution < -0.4 is 0 Å². The van der Waals surface area contributed by atoms with Crippen LogP contribution in [0.15, 0.2) is 0 Å². The molecule has 21 heavy (non-hydrogen) atoms. The maximum atomic E-state index is 11.0. The molecule has 0 spiro atoms. The van der Waals surface area contributed by atoms with E-state index in [-0.39, 0.29) is 13.0 Å². The molecule has 1 fully saturated rings. The van der Waals surface area contributed by atoms with Gasteiger partial charge in [0.05, 0.1) is 18.1 Å². The topological polar surface area (TPSA) is 135 Å². The highest BCUT2D eigenvalue weighted by Gasteiger charge is 2.28. The maximum Gasteiger partial charge on any atom is 0.308 e. The van der Waals surface area contributed by atoms with Crippen LogP contribution in [0.1, 0.15) is 6.42 Å². The van der Waals surface area contributed by atoms with Crippen LogP contribution in [0.4, 0.5) is 0 Å². The lowest BCUT2D eigenvalue weighted by molar-refractivity contribution is -0.142. The van der Waals surface area contributed by atoms with Crippen LogP contribution in [0.25, 0.3) is 0 Å². The van der Waals surface area contributed by atoms with Crippen molar-refractivity contribution in [3.05, 3.63) is 0 Å². The molecule has 122 valence electrons. The average molecular weight is 324 g/mol. The third kappa shape index (κ3) is 7.37. The smallest absolute Gasteiger partial charge is 0.308 e. The minimum atomic E-state index is -4.33. The lowest BCUT2D eigenvalue weighted by atomic mass is 10.1. The molecule has 0 aliphatic carbocycles. The molecule has 3 N–H and O–H groups in total. The van der Waals surface area contributed by atoms with Gasteiger partial charge in [-0.3, -0.25) is 19.0 Å². The summed E-state index contributed by atoms with van der Waals surface area (Å²) >= 11 is 0. The summed E-state index contributed by atoms with van der Waals surface area (Å²) < 4.78 is 30.4. The van der Waals surface area contributed by atoms with Crippen molar-refractivity contribution >= 4 is 22.1 Å². The normalized spacial score (nSPS) is 19.3. The van der Waals surface area contributed by atoms with E-state index in [0.29, 0.717) is 32.7 Å². The van der Waals surface area contributed by atoms with Crippen LogP contribution in [0.2, 0.25) is 0 Å². The SMILES string of the molecule is O=C(O)CCN1CCN(CC(CS(=O)(=O)O)C(=O)O)CC1. The summed E-state index contributed by atoms with van der Waals surface area (Å²) in [5, 5.41) is 17.6. The van der Waals surface area contributed by atoms with Gasteiger partial charge in [0.1, 0.15) is 0 Å². The predicted octanol–water partition coefficient (Wildman–Crippen LogP) is -1.33. The lowest BCUT2D eigenvalue weighted by Crippen LogP contribution is -2.49. The zero-order valence-corrected chi connectivity index (χ0v) is 12.3. The first kappa shape index (κ1) is 17.8. The Morgan fingerprint density at radius 2 is 1.57 bits per heavy atom. The van der Waals surface area contributed by atoms with E-state index in [9.17, 15) is 18.0 Å². The standard InChI is InChI=1S/C11H20N2O7S/c14-10(15)1-2-12-3-5-13(6-4-12)7-9(11(16)17)8-21(18,19)20/h9H,1-8H2,(H,14,15)(H,16,17)(H,18,19,20). The Hall–Kier alpha value is -1.23. The summed E-state index contributed by atoms with van der Waals surface area (Å²) in [5.41, 5.74) is 0. The van der Waals surface area contributed by atoms with Gasteiger partial charge in [-0.15, -0.1) is 0 Å². The van der Waals surface area contributed by atoms with Crippen molar-refractivity contribution in [2.45, 2.75) is 6.42 Å². The molecule has 0 bridgehead atoms. The highest BCUT2D eigenvalue weighted by atomic mass is 32.2. The molecule has 1 saturated heterocycles. The van der Waals surface area contributed by atoms with Crippen LogP contribution in [-0.4, -0.2) is 89.9 Å². The molecular formula is C11H20N2O7S. The third-order valence-electron chi connectivity index (χ3n) is 3.35. The quantitative estimate of drug-likeness (QED) is 0.464. The fourth-order valence-electron chi connectivity index (χ4n) is 2.22. The zero-order valence-electron chi connectivity index (χ0n) is 11.5. The second-order valence-electron chi connectivity index (χ2n) is 5.07. The second-order valence-corrected chi connectivity index (χ2v) is 6.57. The molecule has 0 radical (unpaired) electrons. The van der Waals surface area contributed by atoms with Gasteiger partial charge in [0.25, 0.3) is 10.1 Å². The molecule has 10 heteroatoms. The minimum absolute atomic E-state index is 0.0435. The van der Waals surface area contributed by atoms with Crippen LogP contribution >= 0.6 is 0 Å². The Bertz CT molecular complexity index is 471. The highest BCUT2D eigenvalue weighted by Crippen LogP contribution is 2.09. The van der Waals surface area contributed by atoms with E-state index in [1.165, 1.54) is 0 Å². The minimum Gasteiger partial charge on any atom is -0.481 e. The van der Waals surface area contributed by atoms with Gasteiger partial charge < -0.3 is 15.1 Å². The number of carboxylic acids is 2. The number of piperazine rings is 1. The Kier molecular flexibility index (Phi) is 6.52. The summed E-state index contributed by atoms with van der Waals surface area (Å²) in [7, 11) is -4.33. The second kappa shape index (κ2) is 7.69. The molecule has 1 aliphatic rings. The monoisotopic (exact) mass is 324 g/mol. The molecule has 1 unspecified atom stereocenters. The van der Waals surface area contributed by atoms with E-state index in [1.807, 2.05) is 4.90 Å². The first-order valence-corrected chi connectivity index (χ1v) is 8.13. The number of hydrogen-bond donors (Lipinski definition) is 3. The van der Waals surface area contributed by atoms with Crippen molar-refractivity contribution in [2.24, 2.45) is 5.92 Å². The Morgan fingerprint density at radius 1 is 1.05 bits per heavy atom. The van der Waals surface area contributed by atoms with E-state index in [0.717, 1.165) is 0 Å². The Labute approximate surface area is 122 Å². The number of carbonyl (C=O) groups is 2. The van der Waals surface area contributed by atoms with E-state index in [4.69, 9.17) is 14.8 Å². The van der Waals surface area contributed by atoms with Gasteiger partial charge in [-0.05, 0) is 0 Å².